The van der Waals surface area contributed by atoms with Crippen molar-refractivity contribution in [1.82, 2.24) is 16.0 Å². The Morgan fingerprint density at radius 1 is 1.20 bits per heavy atom. The number of benzene rings is 1. The largest absolute Gasteiger partial charge is 0.366 e. The van der Waals surface area contributed by atoms with Crippen molar-refractivity contribution in [3.8, 4) is 0 Å². The third-order valence-electron chi connectivity index (χ3n) is 9.30. The van der Waals surface area contributed by atoms with Crippen LogP contribution in [0.3, 0.4) is 0 Å². The fourth-order valence-electron chi connectivity index (χ4n) is 7.55. The first kappa shape index (κ1) is 32.5. The number of likely N-dealkylation sites (N-methyl/N-ethyl adjacent to an activating group) is 1. The summed E-state index contributed by atoms with van der Waals surface area (Å²) in [4.78, 5) is 40.4. The number of hydrogen-bond donors (Lipinski definition) is 4. The van der Waals surface area contributed by atoms with Gasteiger partial charge in [0.15, 0.2) is 0 Å². The van der Waals surface area contributed by atoms with Crippen LogP contribution in [0.2, 0.25) is 5.02 Å². The van der Waals surface area contributed by atoms with Gasteiger partial charge in [-0.3, -0.25) is 28.5 Å². The average molecular weight is 656 g/mol. The van der Waals surface area contributed by atoms with Gasteiger partial charge in [0.05, 0.1) is 38.0 Å². The predicted molar refractivity (Wildman–Crippen MR) is 161 cm³/mol. The Bertz CT molecular complexity index is 1400. The van der Waals surface area contributed by atoms with Gasteiger partial charge in [-0.15, -0.1) is 0 Å². The zero-order valence-corrected chi connectivity index (χ0v) is 25.7. The third-order valence-corrected chi connectivity index (χ3v) is 9.66. The highest BCUT2D eigenvalue weighted by Crippen LogP contribution is 2.67. The van der Waals surface area contributed by atoms with E-state index in [1.54, 1.807) is 19.1 Å². The first-order valence-corrected chi connectivity index (χ1v) is 15.3. The summed E-state index contributed by atoms with van der Waals surface area (Å²) in [5.41, 5.74) is -3.78. The van der Waals surface area contributed by atoms with Crippen LogP contribution in [-0.2, 0) is 24.5 Å². The maximum Gasteiger partial charge on any atom is 0.249 e. The molecule has 3 amide bonds. The number of amides is 3. The molecule has 1 aromatic carbocycles. The fraction of sp³-hybridized carbons (Fsp3) is 0.516. The Hall–Kier alpha value is -2.86. The van der Waals surface area contributed by atoms with Crippen molar-refractivity contribution in [1.29, 1.82) is 0 Å². The molecule has 0 bridgehead atoms. The summed E-state index contributed by atoms with van der Waals surface area (Å²) in [7, 11) is 0. The minimum atomic E-state index is -1.75. The molecular formula is C31H35Cl2F3N4O4. The fourth-order valence-corrected chi connectivity index (χ4v) is 7.79. The molecule has 0 radical (unpaired) electrons. The molecule has 5 rings (SSSR count). The van der Waals surface area contributed by atoms with Gasteiger partial charge in [-0.25, -0.2) is 4.39 Å². The summed E-state index contributed by atoms with van der Waals surface area (Å²) in [6.45, 7) is 3.90. The molecule has 0 aromatic heterocycles. The predicted octanol–water partition coefficient (Wildman–Crippen LogP) is 4.54. The summed E-state index contributed by atoms with van der Waals surface area (Å²) in [6.07, 6.45) is 3.63. The van der Waals surface area contributed by atoms with E-state index in [0.29, 0.717) is 35.7 Å². The molecule has 5 atom stereocenters. The van der Waals surface area contributed by atoms with E-state index in [4.69, 9.17) is 27.9 Å². The minimum Gasteiger partial charge on any atom is -0.366 e. The van der Waals surface area contributed by atoms with E-state index >= 15 is 4.39 Å². The van der Waals surface area contributed by atoms with E-state index in [2.05, 4.69) is 27.8 Å². The molecular weight excluding hydrogens is 620 g/mol. The zero-order chi connectivity index (χ0) is 31.9. The van der Waals surface area contributed by atoms with Crippen molar-refractivity contribution in [3.63, 3.8) is 0 Å². The molecule has 3 aliphatic heterocycles. The molecule has 8 nitrogen and oxygen atoms in total. The monoisotopic (exact) mass is 654 g/mol. The van der Waals surface area contributed by atoms with Crippen LogP contribution in [0.5, 0.6) is 0 Å². The summed E-state index contributed by atoms with van der Waals surface area (Å²) in [5, 5.41) is 12.1. The van der Waals surface area contributed by atoms with Crippen LogP contribution in [0.4, 0.5) is 18.9 Å². The van der Waals surface area contributed by atoms with Crippen LogP contribution in [0.1, 0.15) is 38.2 Å². The number of nitrogens with one attached hydrogen (secondary N) is 4. The highest BCUT2D eigenvalue weighted by molar-refractivity contribution is 6.31. The van der Waals surface area contributed by atoms with Crippen molar-refractivity contribution in [2.45, 2.75) is 61.7 Å². The maximum absolute atomic E-state index is 16.6. The van der Waals surface area contributed by atoms with Crippen LogP contribution < -0.4 is 21.3 Å². The number of ether oxygens (including phenoxy) is 1. The lowest BCUT2D eigenvalue weighted by atomic mass is 9.46. The van der Waals surface area contributed by atoms with Gasteiger partial charge in [0.25, 0.3) is 0 Å². The Kier molecular flexibility index (Phi) is 9.24. The number of fused-ring (bicyclic) bond motifs is 3. The molecule has 238 valence electrons. The van der Waals surface area contributed by atoms with Crippen molar-refractivity contribution in [2.75, 3.05) is 31.8 Å². The lowest BCUT2D eigenvalue weighted by Crippen LogP contribution is -2.70. The standard InChI is InChI=1S/C31H35Cl2F3N4O4/c1-3-37-26(41)23-10-8-19(12-44-23)38-27(42)25-24(21(36)6-4-5-17(2)32)31(30(40-25)13-29(14-30,15-34)16-35)20-9-7-18(33)11-22(20)39-28(31)43/h4-7,9,11,19,23-25,40H,2-3,8,10,12-16H2,1H3,(H,37,41)(H,38,42)(H,39,43)/b5-4-,21-6-/t19-,23+,24+,25-,31-/m1/s1. The summed E-state index contributed by atoms with van der Waals surface area (Å²) in [6, 6.07) is 2.87. The summed E-state index contributed by atoms with van der Waals surface area (Å²) in [5.74, 6) is -3.68. The van der Waals surface area contributed by atoms with Gasteiger partial charge in [-0.2, -0.15) is 0 Å². The Morgan fingerprint density at radius 3 is 2.55 bits per heavy atom. The van der Waals surface area contributed by atoms with E-state index in [9.17, 15) is 23.2 Å². The summed E-state index contributed by atoms with van der Waals surface area (Å²) < 4.78 is 50.7. The first-order chi connectivity index (χ1) is 21.0. The highest BCUT2D eigenvalue weighted by atomic mass is 35.5. The molecule has 1 aliphatic carbocycles. The normalized spacial score (nSPS) is 30.2. The van der Waals surface area contributed by atoms with Gasteiger partial charge in [0, 0.05) is 33.2 Å². The number of anilines is 1. The maximum atomic E-state index is 16.6. The number of carbonyl (C=O) groups is 3. The van der Waals surface area contributed by atoms with Gasteiger partial charge < -0.3 is 20.7 Å². The van der Waals surface area contributed by atoms with Crippen LogP contribution in [0.25, 0.3) is 0 Å². The van der Waals surface area contributed by atoms with E-state index in [0.717, 1.165) is 6.08 Å². The molecule has 0 unspecified atom stereocenters. The van der Waals surface area contributed by atoms with E-state index in [1.807, 2.05) is 0 Å². The molecule has 2 saturated heterocycles. The van der Waals surface area contributed by atoms with Gasteiger partial charge in [0.2, 0.25) is 17.7 Å². The van der Waals surface area contributed by atoms with Gasteiger partial charge in [0.1, 0.15) is 17.3 Å². The van der Waals surface area contributed by atoms with Crippen LogP contribution in [0, 0.1) is 11.3 Å². The molecule has 3 fully saturated rings. The van der Waals surface area contributed by atoms with Crippen molar-refractivity contribution >= 4 is 46.6 Å². The van der Waals surface area contributed by atoms with Gasteiger partial charge in [-0.05, 0) is 62.5 Å². The lowest BCUT2D eigenvalue weighted by Gasteiger charge is -2.58. The molecule has 1 aromatic rings. The Balaban J connectivity index is 1.55. The zero-order valence-electron chi connectivity index (χ0n) is 24.2. The van der Waals surface area contributed by atoms with Crippen molar-refractivity contribution < 1.29 is 32.3 Å². The summed E-state index contributed by atoms with van der Waals surface area (Å²) >= 11 is 12.1. The molecule has 4 aliphatic rings. The molecule has 13 heteroatoms. The number of allylic oxidation sites excluding steroid dienone is 4. The van der Waals surface area contributed by atoms with Crippen LogP contribution in [0.15, 0.2) is 53.9 Å². The van der Waals surface area contributed by atoms with Crippen molar-refractivity contribution in [3.05, 3.63) is 64.5 Å². The number of hydrogen-bond acceptors (Lipinski definition) is 5. The quantitative estimate of drug-likeness (QED) is 0.293. The molecule has 44 heavy (non-hydrogen) atoms. The highest BCUT2D eigenvalue weighted by Gasteiger charge is 2.78. The average Bonchev–Trinajstić information content (AvgIpc) is 3.44. The SMILES string of the molecule is C=C(Cl)/C=C\C=C(/F)[C@H]1[C@H](C(=O)N[C@@H]2CC[C@@H](C(=O)NCC)OC2)NC2(CC(CF)(CF)C2)[C@@]12C(=O)Nc1cc(Cl)ccc12. The van der Waals surface area contributed by atoms with Gasteiger partial charge >= 0.3 is 0 Å². The Morgan fingerprint density at radius 2 is 1.93 bits per heavy atom. The molecule has 1 saturated carbocycles. The van der Waals surface area contributed by atoms with Crippen molar-refractivity contribution in [2.24, 2.45) is 11.3 Å². The van der Waals surface area contributed by atoms with E-state index < -0.39 is 71.5 Å². The second-order valence-electron chi connectivity index (χ2n) is 12.1. The third kappa shape index (κ3) is 5.35. The molecule has 4 N–H and O–H groups in total. The second-order valence-corrected chi connectivity index (χ2v) is 13.0. The number of halogens is 5. The first-order valence-electron chi connectivity index (χ1n) is 14.5. The minimum absolute atomic E-state index is 0.0503. The number of rotatable bonds is 9. The number of alkyl halides is 2. The Labute approximate surface area is 263 Å². The second kappa shape index (κ2) is 12.5. The number of carbonyl (C=O) groups excluding carboxylic acids is 3. The lowest BCUT2D eigenvalue weighted by molar-refractivity contribution is -0.137. The van der Waals surface area contributed by atoms with E-state index in [1.165, 1.54) is 18.2 Å². The van der Waals surface area contributed by atoms with Gasteiger partial charge in [-0.1, -0.05) is 41.9 Å². The van der Waals surface area contributed by atoms with Crippen LogP contribution >= 0.6 is 23.2 Å². The smallest absolute Gasteiger partial charge is 0.249 e. The van der Waals surface area contributed by atoms with E-state index in [-0.39, 0.29) is 30.4 Å². The topological polar surface area (TPSA) is 109 Å². The molecule has 3 heterocycles. The molecule has 2 spiro atoms. The van der Waals surface area contributed by atoms with Crippen LogP contribution in [-0.4, -0.2) is 67.9 Å².